The van der Waals surface area contributed by atoms with E-state index in [2.05, 4.69) is 5.32 Å². The van der Waals surface area contributed by atoms with Crippen LogP contribution < -0.4 is 5.32 Å². The van der Waals surface area contributed by atoms with Crippen LogP contribution in [0.1, 0.15) is 30.0 Å². The van der Waals surface area contributed by atoms with E-state index >= 15 is 0 Å². The van der Waals surface area contributed by atoms with Gasteiger partial charge >= 0.3 is 12.1 Å². The number of carbonyl (C=O) groups excluding carboxylic acids is 3. The summed E-state index contributed by atoms with van der Waals surface area (Å²) < 4.78 is 37.7. The molecule has 1 atom stereocenters. The quantitative estimate of drug-likeness (QED) is 0.827. The van der Waals surface area contributed by atoms with Crippen molar-refractivity contribution in [1.82, 2.24) is 15.1 Å². The number of aryl methyl sites for hydroxylation is 1. The minimum Gasteiger partial charge on any atom is -0.352 e. The van der Waals surface area contributed by atoms with E-state index in [0.29, 0.717) is 18.7 Å². The van der Waals surface area contributed by atoms with Crippen molar-refractivity contribution in [3.63, 3.8) is 0 Å². The highest BCUT2D eigenvalue weighted by molar-refractivity contribution is 5.91. The highest BCUT2D eigenvalue weighted by Gasteiger charge is 2.45. The smallest absolute Gasteiger partial charge is 0.352 e. The molecule has 2 heterocycles. The number of hydrogen-bond acceptors (Lipinski definition) is 3. The molecular weight excluding hydrogens is 375 g/mol. The van der Waals surface area contributed by atoms with Crippen LogP contribution in [0.25, 0.3) is 0 Å². The van der Waals surface area contributed by atoms with E-state index in [1.54, 1.807) is 12.1 Å². The van der Waals surface area contributed by atoms with Crippen LogP contribution >= 0.6 is 0 Å². The molecule has 2 fully saturated rings. The summed E-state index contributed by atoms with van der Waals surface area (Å²) in [5.74, 6) is -2.89. The van der Waals surface area contributed by atoms with Crippen molar-refractivity contribution in [1.29, 1.82) is 0 Å². The van der Waals surface area contributed by atoms with E-state index in [4.69, 9.17) is 0 Å². The van der Waals surface area contributed by atoms with E-state index < -0.39 is 24.0 Å². The number of piperazine rings is 1. The molecule has 3 rings (SSSR count). The summed E-state index contributed by atoms with van der Waals surface area (Å²) in [6.07, 6.45) is -4.60. The zero-order chi connectivity index (χ0) is 20.5. The van der Waals surface area contributed by atoms with Crippen LogP contribution in [-0.2, 0) is 14.4 Å². The average molecular weight is 397 g/mol. The number of nitrogens with one attached hydrogen (secondary N) is 1. The third-order valence-corrected chi connectivity index (χ3v) is 5.26. The summed E-state index contributed by atoms with van der Waals surface area (Å²) in [6.45, 7) is 2.35. The molecule has 1 aromatic rings. The molecular formula is C19H22F3N3O3. The minimum absolute atomic E-state index is 0.121. The van der Waals surface area contributed by atoms with E-state index in [-0.39, 0.29) is 37.7 Å². The molecule has 6 nitrogen and oxygen atoms in total. The predicted molar refractivity (Wildman–Crippen MR) is 94.0 cm³/mol. The standard InChI is InChI=1S/C19H22F3N3O3/c1-12-2-4-13(5-3-12)15-16(26)23-8-11-25(15)17(27)14-6-9-24(10-7-14)18(28)19(20,21)22/h2-5,14-15H,6-11H2,1H3,(H,23,26). The van der Waals surface area contributed by atoms with Crippen LogP contribution in [0, 0.1) is 12.8 Å². The molecule has 1 aromatic carbocycles. The number of amides is 3. The molecule has 0 aromatic heterocycles. The minimum atomic E-state index is -4.90. The maximum absolute atomic E-state index is 13.0. The second kappa shape index (κ2) is 7.81. The van der Waals surface area contributed by atoms with Crippen LogP contribution in [0.4, 0.5) is 13.2 Å². The number of nitrogens with zero attached hydrogens (tertiary/aromatic N) is 2. The fraction of sp³-hybridized carbons (Fsp3) is 0.526. The Hall–Kier alpha value is -2.58. The first-order valence-electron chi connectivity index (χ1n) is 9.19. The van der Waals surface area contributed by atoms with Gasteiger partial charge in [0.15, 0.2) is 0 Å². The molecule has 0 spiro atoms. The van der Waals surface area contributed by atoms with Crippen molar-refractivity contribution >= 4 is 17.7 Å². The normalized spacial score (nSPS) is 21.4. The van der Waals surface area contributed by atoms with Gasteiger partial charge in [0, 0.05) is 32.1 Å². The maximum atomic E-state index is 13.0. The Balaban J connectivity index is 1.71. The van der Waals surface area contributed by atoms with Gasteiger partial charge in [-0.1, -0.05) is 29.8 Å². The van der Waals surface area contributed by atoms with Gasteiger partial charge in [-0.2, -0.15) is 13.2 Å². The first kappa shape index (κ1) is 20.2. The average Bonchev–Trinajstić information content (AvgIpc) is 2.67. The molecule has 0 bridgehead atoms. The Morgan fingerprint density at radius 2 is 1.68 bits per heavy atom. The largest absolute Gasteiger partial charge is 0.471 e. The van der Waals surface area contributed by atoms with Gasteiger partial charge in [0.2, 0.25) is 11.8 Å². The molecule has 1 unspecified atom stereocenters. The van der Waals surface area contributed by atoms with Crippen LogP contribution in [0.5, 0.6) is 0 Å². The Morgan fingerprint density at radius 1 is 1.07 bits per heavy atom. The zero-order valence-corrected chi connectivity index (χ0v) is 15.5. The first-order valence-corrected chi connectivity index (χ1v) is 9.19. The number of halogens is 3. The molecule has 152 valence electrons. The van der Waals surface area contributed by atoms with Crippen LogP contribution in [-0.4, -0.2) is 59.9 Å². The lowest BCUT2D eigenvalue weighted by molar-refractivity contribution is -0.187. The fourth-order valence-electron chi connectivity index (χ4n) is 3.73. The molecule has 0 aliphatic carbocycles. The number of hydrogen-bond donors (Lipinski definition) is 1. The van der Waals surface area contributed by atoms with Gasteiger partial charge in [-0.25, -0.2) is 0 Å². The van der Waals surface area contributed by atoms with Gasteiger partial charge in [-0.05, 0) is 25.3 Å². The van der Waals surface area contributed by atoms with Crippen molar-refractivity contribution in [2.24, 2.45) is 5.92 Å². The highest BCUT2D eigenvalue weighted by Crippen LogP contribution is 2.29. The van der Waals surface area contributed by atoms with Crippen molar-refractivity contribution in [2.75, 3.05) is 26.2 Å². The molecule has 1 N–H and O–H groups in total. The van der Waals surface area contributed by atoms with Gasteiger partial charge < -0.3 is 15.1 Å². The third kappa shape index (κ3) is 4.13. The van der Waals surface area contributed by atoms with E-state index in [1.165, 1.54) is 4.90 Å². The van der Waals surface area contributed by atoms with Crippen LogP contribution in [0.3, 0.4) is 0 Å². The number of piperidine rings is 1. The second-order valence-corrected chi connectivity index (χ2v) is 7.20. The number of alkyl halides is 3. The summed E-state index contributed by atoms with van der Waals surface area (Å²) in [4.78, 5) is 39.1. The van der Waals surface area contributed by atoms with Gasteiger partial charge in [0.25, 0.3) is 0 Å². The van der Waals surface area contributed by atoms with E-state index in [0.717, 1.165) is 10.5 Å². The topological polar surface area (TPSA) is 69.7 Å². The second-order valence-electron chi connectivity index (χ2n) is 7.20. The Labute approximate surface area is 160 Å². The van der Waals surface area contributed by atoms with E-state index in [9.17, 15) is 27.6 Å². The monoisotopic (exact) mass is 397 g/mol. The summed E-state index contributed by atoms with van der Waals surface area (Å²) in [5.41, 5.74) is 1.72. The molecule has 28 heavy (non-hydrogen) atoms. The molecule has 2 saturated heterocycles. The van der Waals surface area contributed by atoms with Crippen LogP contribution in [0.2, 0.25) is 0 Å². The molecule has 0 saturated carbocycles. The third-order valence-electron chi connectivity index (χ3n) is 5.26. The molecule has 2 aliphatic heterocycles. The van der Waals surface area contributed by atoms with Gasteiger partial charge in [0.1, 0.15) is 6.04 Å². The maximum Gasteiger partial charge on any atom is 0.471 e. The lowest BCUT2D eigenvalue weighted by Gasteiger charge is -2.39. The zero-order valence-electron chi connectivity index (χ0n) is 15.5. The summed E-state index contributed by atoms with van der Waals surface area (Å²) >= 11 is 0. The molecule has 9 heteroatoms. The lowest BCUT2D eigenvalue weighted by atomic mass is 9.92. The summed E-state index contributed by atoms with van der Waals surface area (Å²) in [5, 5.41) is 2.76. The van der Waals surface area contributed by atoms with Crippen molar-refractivity contribution < 1.29 is 27.6 Å². The highest BCUT2D eigenvalue weighted by atomic mass is 19.4. The van der Waals surface area contributed by atoms with Crippen LogP contribution in [0.15, 0.2) is 24.3 Å². The Kier molecular flexibility index (Phi) is 5.62. The van der Waals surface area contributed by atoms with E-state index in [1.807, 2.05) is 19.1 Å². The molecule has 3 amide bonds. The fourth-order valence-corrected chi connectivity index (χ4v) is 3.73. The van der Waals surface area contributed by atoms with Gasteiger partial charge in [0.05, 0.1) is 0 Å². The van der Waals surface area contributed by atoms with Crippen molar-refractivity contribution in [2.45, 2.75) is 32.0 Å². The summed E-state index contributed by atoms with van der Waals surface area (Å²) in [6, 6.07) is 6.57. The summed E-state index contributed by atoms with van der Waals surface area (Å²) in [7, 11) is 0. The SMILES string of the molecule is Cc1ccc(C2C(=O)NCCN2C(=O)C2CCN(C(=O)C(F)(F)F)CC2)cc1. The number of carbonyl (C=O) groups is 3. The Morgan fingerprint density at radius 3 is 2.25 bits per heavy atom. The molecule has 0 radical (unpaired) electrons. The number of benzene rings is 1. The lowest BCUT2D eigenvalue weighted by Crippen LogP contribution is -2.55. The van der Waals surface area contributed by atoms with Crippen molar-refractivity contribution in [3.8, 4) is 0 Å². The number of likely N-dealkylation sites (tertiary alicyclic amines) is 1. The number of rotatable bonds is 2. The van der Waals surface area contributed by atoms with Gasteiger partial charge in [-0.15, -0.1) is 0 Å². The Bertz CT molecular complexity index is 756. The predicted octanol–water partition coefficient (Wildman–Crippen LogP) is 1.80. The first-order chi connectivity index (χ1) is 13.2. The van der Waals surface area contributed by atoms with Gasteiger partial charge in [-0.3, -0.25) is 14.4 Å². The molecule has 2 aliphatic rings. The van der Waals surface area contributed by atoms with Crippen molar-refractivity contribution in [3.05, 3.63) is 35.4 Å².